The number of carbonyl (C=O) groups is 2. The van der Waals surface area contributed by atoms with Gasteiger partial charge in [-0.05, 0) is 12.5 Å². The Morgan fingerprint density at radius 3 is 2.66 bits per heavy atom. The summed E-state index contributed by atoms with van der Waals surface area (Å²) in [5.41, 5.74) is 0.219. The summed E-state index contributed by atoms with van der Waals surface area (Å²) in [4.78, 5) is 48.3. The van der Waals surface area contributed by atoms with Gasteiger partial charge in [0.05, 0.1) is 19.0 Å². The first-order valence-corrected chi connectivity index (χ1v) is 10.6. The smallest absolute Gasteiger partial charge is 0.305 e. The Kier molecular flexibility index (Phi) is 5.94. The maximum atomic E-state index is 14.2. The monoisotopic (exact) mass is 443 g/mol. The summed E-state index contributed by atoms with van der Waals surface area (Å²) in [5.74, 6) is 0.245. The number of rotatable bonds is 7. The van der Waals surface area contributed by atoms with E-state index < -0.39 is 5.82 Å². The van der Waals surface area contributed by atoms with Crippen LogP contribution in [0, 0.1) is 17.7 Å². The molecule has 2 aromatic heterocycles. The number of halogens is 1. The minimum absolute atomic E-state index is 0.0446. The SMILES string of the molecule is COC(=O)CCCC(=O)N1C[C@@H]2[C@H](C1)[C@@H]2N(C)c1nc(-c2ccncc2F)cc(=O)n1C. The van der Waals surface area contributed by atoms with Crippen molar-refractivity contribution in [2.45, 2.75) is 25.3 Å². The van der Waals surface area contributed by atoms with Gasteiger partial charge >= 0.3 is 5.97 Å². The summed E-state index contributed by atoms with van der Waals surface area (Å²) < 4.78 is 20.2. The number of hydrogen-bond donors (Lipinski definition) is 0. The van der Waals surface area contributed by atoms with Crippen molar-refractivity contribution >= 4 is 17.8 Å². The molecule has 2 aromatic rings. The number of fused-ring (bicyclic) bond motifs is 1. The molecule has 0 aromatic carbocycles. The minimum Gasteiger partial charge on any atom is -0.469 e. The molecule has 0 bridgehead atoms. The molecule has 3 heterocycles. The first-order chi connectivity index (χ1) is 15.3. The summed E-state index contributed by atoms with van der Waals surface area (Å²) >= 11 is 0. The Balaban J connectivity index is 1.42. The van der Waals surface area contributed by atoms with Crippen LogP contribution >= 0.6 is 0 Å². The van der Waals surface area contributed by atoms with Gasteiger partial charge in [-0.25, -0.2) is 9.37 Å². The molecule has 10 heteroatoms. The number of anilines is 1. The number of nitrogens with zero attached hydrogens (tertiary/aromatic N) is 5. The largest absolute Gasteiger partial charge is 0.469 e. The first-order valence-electron chi connectivity index (χ1n) is 10.6. The molecular weight excluding hydrogens is 417 g/mol. The van der Waals surface area contributed by atoms with Crippen molar-refractivity contribution in [3.63, 3.8) is 0 Å². The molecule has 4 rings (SSSR count). The Bertz CT molecular complexity index is 1090. The van der Waals surface area contributed by atoms with Gasteiger partial charge in [0.15, 0.2) is 5.82 Å². The third-order valence-corrected chi connectivity index (χ3v) is 6.42. The molecule has 1 saturated heterocycles. The number of pyridine rings is 1. The van der Waals surface area contributed by atoms with E-state index in [0.29, 0.717) is 43.7 Å². The highest BCUT2D eigenvalue weighted by Crippen LogP contribution is 2.49. The van der Waals surface area contributed by atoms with Gasteiger partial charge in [-0.1, -0.05) is 0 Å². The number of esters is 1. The van der Waals surface area contributed by atoms with Gasteiger partial charge in [-0.3, -0.25) is 23.9 Å². The molecule has 1 aliphatic heterocycles. The average molecular weight is 443 g/mol. The lowest BCUT2D eigenvalue weighted by molar-refractivity contribution is -0.140. The van der Waals surface area contributed by atoms with Crippen molar-refractivity contribution in [2.24, 2.45) is 18.9 Å². The summed E-state index contributed by atoms with van der Waals surface area (Å²) in [6.45, 7) is 1.28. The second-order valence-corrected chi connectivity index (χ2v) is 8.35. The van der Waals surface area contributed by atoms with E-state index in [2.05, 4.69) is 14.7 Å². The lowest BCUT2D eigenvalue weighted by atomic mass is 10.2. The topological polar surface area (TPSA) is 97.6 Å². The second kappa shape index (κ2) is 8.68. The molecule has 2 fully saturated rings. The highest BCUT2D eigenvalue weighted by molar-refractivity contribution is 5.78. The van der Waals surface area contributed by atoms with Crippen LogP contribution in [0.4, 0.5) is 10.3 Å². The molecule has 3 atom stereocenters. The molecule has 1 amide bonds. The van der Waals surface area contributed by atoms with Crippen LogP contribution in [0.2, 0.25) is 0 Å². The van der Waals surface area contributed by atoms with E-state index in [-0.39, 0.29) is 41.2 Å². The predicted molar refractivity (Wildman–Crippen MR) is 114 cm³/mol. The lowest BCUT2D eigenvalue weighted by Crippen LogP contribution is -2.38. The summed E-state index contributed by atoms with van der Waals surface area (Å²) in [5, 5.41) is 0. The zero-order chi connectivity index (χ0) is 23.0. The van der Waals surface area contributed by atoms with E-state index in [0.717, 1.165) is 6.20 Å². The van der Waals surface area contributed by atoms with Crippen molar-refractivity contribution in [2.75, 3.05) is 32.1 Å². The van der Waals surface area contributed by atoms with E-state index in [1.807, 2.05) is 16.8 Å². The van der Waals surface area contributed by atoms with Gasteiger partial charge in [0.2, 0.25) is 11.9 Å². The van der Waals surface area contributed by atoms with E-state index in [9.17, 15) is 18.8 Å². The third kappa shape index (κ3) is 4.09. The quantitative estimate of drug-likeness (QED) is 0.594. The normalized spacial score (nSPS) is 21.2. The van der Waals surface area contributed by atoms with Crippen LogP contribution in [0.3, 0.4) is 0 Å². The molecule has 9 nitrogen and oxygen atoms in total. The van der Waals surface area contributed by atoms with Crippen molar-refractivity contribution in [1.29, 1.82) is 0 Å². The van der Waals surface area contributed by atoms with Crippen LogP contribution < -0.4 is 10.5 Å². The van der Waals surface area contributed by atoms with E-state index in [1.165, 1.54) is 30.0 Å². The molecule has 1 saturated carbocycles. The fourth-order valence-electron chi connectivity index (χ4n) is 4.61. The maximum absolute atomic E-state index is 14.2. The van der Waals surface area contributed by atoms with Gasteiger partial charge in [-0.2, -0.15) is 0 Å². The highest BCUT2D eigenvalue weighted by atomic mass is 19.1. The zero-order valence-corrected chi connectivity index (χ0v) is 18.3. The molecule has 0 radical (unpaired) electrons. The predicted octanol–water partition coefficient (Wildman–Crippen LogP) is 1.22. The Morgan fingerprint density at radius 1 is 1.28 bits per heavy atom. The van der Waals surface area contributed by atoms with Gasteiger partial charge < -0.3 is 14.5 Å². The molecular formula is C22H26FN5O4. The Hall–Kier alpha value is -3.30. The zero-order valence-electron chi connectivity index (χ0n) is 18.3. The fourth-order valence-corrected chi connectivity index (χ4v) is 4.61. The summed E-state index contributed by atoms with van der Waals surface area (Å²) in [6, 6.07) is 2.97. The van der Waals surface area contributed by atoms with E-state index in [1.54, 1.807) is 7.05 Å². The van der Waals surface area contributed by atoms with Crippen molar-refractivity contribution < 1.29 is 18.7 Å². The number of piperidine rings is 1. The van der Waals surface area contributed by atoms with E-state index >= 15 is 0 Å². The second-order valence-electron chi connectivity index (χ2n) is 8.35. The molecule has 170 valence electrons. The minimum atomic E-state index is -0.536. The summed E-state index contributed by atoms with van der Waals surface area (Å²) in [6.07, 6.45) is 3.60. The molecule has 2 aliphatic rings. The van der Waals surface area contributed by atoms with E-state index in [4.69, 9.17) is 0 Å². The summed E-state index contributed by atoms with van der Waals surface area (Å²) in [7, 11) is 4.85. The number of likely N-dealkylation sites (tertiary alicyclic amines) is 1. The molecule has 1 aliphatic carbocycles. The highest BCUT2D eigenvalue weighted by Gasteiger charge is 2.59. The number of carbonyl (C=O) groups excluding carboxylic acids is 2. The van der Waals surface area contributed by atoms with Crippen LogP contribution in [0.25, 0.3) is 11.3 Å². The Labute approximate surface area is 184 Å². The van der Waals surface area contributed by atoms with Crippen molar-refractivity contribution in [1.82, 2.24) is 19.4 Å². The van der Waals surface area contributed by atoms with Crippen LogP contribution in [0.1, 0.15) is 19.3 Å². The number of hydrogen-bond acceptors (Lipinski definition) is 7. The number of ether oxygens (including phenoxy) is 1. The maximum Gasteiger partial charge on any atom is 0.305 e. The first kappa shape index (κ1) is 21.9. The Morgan fingerprint density at radius 2 is 2.00 bits per heavy atom. The van der Waals surface area contributed by atoms with Crippen molar-refractivity contribution in [3.8, 4) is 11.3 Å². The van der Waals surface area contributed by atoms with Crippen LogP contribution in [0.5, 0.6) is 0 Å². The molecule has 32 heavy (non-hydrogen) atoms. The number of methoxy groups -OCH3 is 1. The van der Waals surface area contributed by atoms with Crippen molar-refractivity contribution in [3.05, 3.63) is 40.7 Å². The van der Waals surface area contributed by atoms with Gasteiger partial charge in [0.25, 0.3) is 5.56 Å². The average Bonchev–Trinajstić information content (AvgIpc) is 3.27. The molecule has 0 unspecified atom stereocenters. The number of amides is 1. The third-order valence-electron chi connectivity index (χ3n) is 6.42. The molecule has 0 N–H and O–H groups in total. The number of aromatic nitrogens is 3. The lowest BCUT2D eigenvalue weighted by Gasteiger charge is -2.26. The van der Waals surface area contributed by atoms with Gasteiger partial charge in [0, 0.05) is 75.7 Å². The van der Waals surface area contributed by atoms with Crippen LogP contribution in [-0.4, -0.2) is 64.6 Å². The van der Waals surface area contributed by atoms with Crippen LogP contribution in [-0.2, 0) is 21.4 Å². The standard InChI is InChI=1S/C22H26FN5O4/c1-26-19(30)9-17(13-7-8-24-10-16(13)23)25-22(26)27(2)21-14-11-28(12-15(14)21)18(29)5-4-6-20(31)32-3/h7-10,14-15,21H,4-6,11-12H2,1-3H3/t14-,15+,21-. The van der Waals surface area contributed by atoms with Gasteiger partial charge in [-0.15, -0.1) is 0 Å². The van der Waals surface area contributed by atoms with Crippen LogP contribution in [0.15, 0.2) is 29.3 Å². The molecule has 0 spiro atoms. The van der Waals surface area contributed by atoms with Gasteiger partial charge in [0.1, 0.15) is 0 Å². The fraction of sp³-hybridized carbons (Fsp3) is 0.500.